The van der Waals surface area contributed by atoms with Gasteiger partial charge in [0.2, 0.25) is 21.5 Å². The third-order valence-electron chi connectivity index (χ3n) is 11.3. The van der Waals surface area contributed by atoms with Crippen LogP contribution in [0.4, 0.5) is 33.9 Å². The predicted octanol–water partition coefficient (Wildman–Crippen LogP) is 8.43. The SMILES string of the molecule is [C-]#[N+]CC1CN(c2nc(S(C)(=O)=O)nc3c2CC(C)C(c2c(F)c(N(Cc4ccc(OC)cc4)Cc4ccc(OC)cc4)cc(C)c2C(F)(F)F)C3)CCN1C(=O)OC(C)(C)C. The molecule has 4 aromatic rings. The molecule has 1 aromatic heterocycles. The third-order valence-corrected chi connectivity index (χ3v) is 12.1. The van der Waals surface area contributed by atoms with Crippen molar-refractivity contribution in [2.75, 3.05) is 56.5 Å². The van der Waals surface area contributed by atoms with E-state index in [0.29, 0.717) is 17.1 Å². The lowest BCUT2D eigenvalue weighted by molar-refractivity contribution is -0.139. The van der Waals surface area contributed by atoms with Gasteiger partial charge in [-0.1, -0.05) is 31.2 Å². The fourth-order valence-corrected chi connectivity index (χ4v) is 8.84. The standard InChI is InChI=1S/C45H52F4N6O6S/c1-27-20-35-36(51-42(62(9,57)58)52-41(35)53-18-19-55(31(26-53)23-50-6)43(56)61-44(3,4)5)22-34(27)38-39(45(47,48)49)28(2)21-37(40(38)46)54(24-29-10-14-32(59-7)15-11-29)25-30-12-16-33(60-8)17-13-30/h10-17,21,27,31,34H,18-20,22-26H2,1-5,7-9H3. The lowest BCUT2D eigenvalue weighted by Gasteiger charge is -2.42. The van der Waals surface area contributed by atoms with Crippen molar-refractivity contribution in [3.05, 3.63) is 111 Å². The van der Waals surface area contributed by atoms with Gasteiger partial charge in [0.15, 0.2) is 5.82 Å². The summed E-state index contributed by atoms with van der Waals surface area (Å²) in [7, 11) is -0.980. The van der Waals surface area contributed by atoms with Crippen LogP contribution in [0.25, 0.3) is 4.85 Å². The largest absolute Gasteiger partial charge is 0.497 e. The van der Waals surface area contributed by atoms with Crippen LogP contribution in [0.15, 0.2) is 59.8 Å². The van der Waals surface area contributed by atoms with Gasteiger partial charge in [0.25, 0.3) is 0 Å². The number of fused-ring (bicyclic) bond motifs is 1. The van der Waals surface area contributed by atoms with Gasteiger partial charge < -0.3 is 28.9 Å². The van der Waals surface area contributed by atoms with Crippen LogP contribution in [0.5, 0.6) is 11.5 Å². The molecule has 62 heavy (non-hydrogen) atoms. The summed E-state index contributed by atoms with van der Waals surface area (Å²) in [4.78, 5) is 30.6. The average molecular weight is 881 g/mol. The Kier molecular flexibility index (Phi) is 13.3. The van der Waals surface area contributed by atoms with Crippen LogP contribution < -0.4 is 19.3 Å². The number of carbonyl (C=O) groups excluding carboxylic acids is 1. The summed E-state index contributed by atoms with van der Waals surface area (Å²) in [5, 5.41) is -0.525. The molecule has 3 atom stereocenters. The first kappa shape index (κ1) is 45.9. The van der Waals surface area contributed by atoms with Gasteiger partial charge in [0.1, 0.15) is 29.0 Å². The minimum atomic E-state index is -4.93. The van der Waals surface area contributed by atoms with Crippen molar-refractivity contribution in [1.29, 1.82) is 0 Å². The minimum absolute atomic E-state index is 0.0240. The molecule has 332 valence electrons. The van der Waals surface area contributed by atoms with E-state index in [2.05, 4.69) is 14.8 Å². The maximum atomic E-state index is 17.6. The first-order valence-electron chi connectivity index (χ1n) is 20.2. The summed E-state index contributed by atoms with van der Waals surface area (Å²) >= 11 is 0. The molecule has 6 rings (SSSR count). The number of piperazine rings is 1. The maximum absolute atomic E-state index is 17.6. The summed E-state index contributed by atoms with van der Waals surface area (Å²) in [5.74, 6) is -1.22. The Morgan fingerprint density at radius 1 is 0.952 bits per heavy atom. The van der Waals surface area contributed by atoms with E-state index in [0.717, 1.165) is 17.4 Å². The second-order valence-corrected chi connectivity index (χ2v) is 18.9. The van der Waals surface area contributed by atoms with Gasteiger partial charge in [-0.15, -0.1) is 0 Å². The van der Waals surface area contributed by atoms with Crippen LogP contribution in [0.3, 0.4) is 0 Å². The molecule has 2 aliphatic rings. The van der Waals surface area contributed by atoms with E-state index in [1.807, 2.05) is 24.3 Å². The Morgan fingerprint density at radius 2 is 1.53 bits per heavy atom. The molecule has 1 amide bonds. The Labute approximate surface area is 360 Å². The van der Waals surface area contributed by atoms with Crippen molar-refractivity contribution in [1.82, 2.24) is 14.9 Å². The molecule has 1 fully saturated rings. The number of halogens is 4. The molecule has 0 N–H and O–H groups in total. The summed E-state index contributed by atoms with van der Waals surface area (Å²) in [5.41, 5.74) is -0.310. The maximum Gasteiger partial charge on any atom is 0.417 e. The van der Waals surface area contributed by atoms with Crippen molar-refractivity contribution < 1.29 is 45.0 Å². The van der Waals surface area contributed by atoms with E-state index in [-0.39, 0.29) is 74.9 Å². The number of hydrogen-bond donors (Lipinski definition) is 0. The Morgan fingerprint density at radius 3 is 2.03 bits per heavy atom. The molecular weight excluding hydrogens is 829 g/mol. The number of aromatic nitrogens is 2. The number of rotatable bonds is 11. The quantitative estimate of drug-likeness (QED) is 0.0826. The molecule has 1 aliphatic carbocycles. The molecule has 3 aromatic carbocycles. The predicted molar refractivity (Wildman–Crippen MR) is 227 cm³/mol. The van der Waals surface area contributed by atoms with E-state index >= 15 is 17.6 Å². The van der Waals surface area contributed by atoms with Crippen molar-refractivity contribution in [3.63, 3.8) is 0 Å². The van der Waals surface area contributed by atoms with Gasteiger partial charge >= 0.3 is 12.3 Å². The number of anilines is 2. The molecule has 2 heterocycles. The normalized spacial score (nSPS) is 18.1. The second-order valence-electron chi connectivity index (χ2n) is 17.0. The number of aryl methyl sites for hydroxylation is 1. The van der Waals surface area contributed by atoms with Crippen LogP contribution in [0, 0.1) is 25.2 Å². The van der Waals surface area contributed by atoms with Crippen molar-refractivity contribution in [3.8, 4) is 11.5 Å². The lowest BCUT2D eigenvalue weighted by atomic mass is 9.73. The first-order valence-corrected chi connectivity index (χ1v) is 22.1. The van der Waals surface area contributed by atoms with E-state index < -0.39 is 67.7 Å². The van der Waals surface area contributed by atoms with Crippen LogP contribution in [0.2, 0.25) is 0 Å². The Hall–Kier alpha value is -5.63. The zero-order valence-corrected chi connectivity index (χ0v) is 37.0. The summed E-state index contributed by atoms with van der Waals surface area (Å²) in [6.45, 7) is 16.5. The van der Waals surface area contributed by atoms with Gasteiger partial charge in [-0.2, -0.15) is 13.2 Å². The molecule has 0 radical (unpaired) electrons. The van der Waals surface area contributed by atoms with E-state index in [1.165, 1.54) is 32.1 Å². The zero-order chi connectivity index (χ0) is 45.3. The Bertz CT molecular complexity index is 2390. The zero-order valence-electron chi connectivity index (χ0n) is 36.1. The molecule has 0 saturated carbocycles. The number of benzene rings is 3. The molecule has 0 spiro atoms. The number of carbonyl (C=O) groups is 1. The van der Waals surface area contributed by atoms with Crippen molar-refractivity contribution >= 4 is 27.4 Å². The van der Waals surface area contributed by atoms with E-state index in [4.69, 9.17) is 20.8 Å². The highest BCUT2D eigenvalue weighted by Crippen LogP contribution is 2.48. The smallest absolute Gasteiger partial charge is 0.417 e. The fraction of sp³-hybridized carbons (Fsp3) is 0.467. The lowest BCUT2D eigenvalue weighted by Crippen LogP contribution is -2.57. The minimum Gasteiger partial charge on any atom is -0.497 e. The highest BCUT2D eigenvalue weighted by atomic mass is 32.2. The van der Waals surface area contributed by atoms with Gasteiger partial charge in [0.05, 0.1) is 31.2 Å². The molecule has 17 heteroatoms. The number of alkyl halides is 3. The van der Waals surface area contributed by atoms with Gasteiger partial charge in [0, 0.05) is 50.1 Å². The number of hydrogen-bond acceptors (Lipinski definition) is 10. The van der Waals surface area contributed by atoms with Gasteiger partial charge in [-0.05, 0) is 99.4 Å². The molecule has 3 unspecified atom stereocenters. The topological polar surface area (TPSA) is 119 Å². The molecule has 0 bridgehead atoms. The second kappa shape index (κ2) is 18.0. The number of amides is 1. The van der Waals surface area contributed by atoms with Crippen molar-refractivity contribution in [2.45, 2.75) is 89.4 Å². The fourth-order valence-electron chi connectivity index (χ4n) is 8.32. The van der Waals surface area contributed by atoms with Crippen molar-refractivity contribution in [2.24, 2.45) is 5.92 Å². The highest BCUT2D eigenvalue weighted by molar-refractivity contribution is 7.90. The third kappa shape index (κ3) is 10.2. The number of ether oxygens (including phenoxy) is 3. The van der Waals surface area contributed by atoms with Crippen LogP contribution in [-0.2, 0) is 46.7 Å². The van der Waals surface area contributed by atoms with E-state index in [1.54, 1.807) is 61.8 Å². The number of methoxy groups -OCH3 is 2. The van der Waals surface area contributed by atoms with Crippen LogP contribution in [0.1, 0.15) is 72.7 Å². The number of sulfone groups is 1. The molecule has 12 nitrogen and oxygen atoms in total. The van der Waals surface area contributed by atoms with Crippen LogP contribution >= 0.6 is 0 Å². The summed E-state index contributed by atoms with van der Waals surface area (Å²) in [6, 6.07) is 14.9. The van der Waals surface area contributed by atoms with Gasteiger partial charge in [-0.3, -0.25) is 4.90 Å². The van der Waals surface area contributed by atoms with E-state index in [9.17, 15) is 13.2 Å². The summed E-state index contributed by atoms with van der Waals surface area (Å²) in [6.07, 6.45) is -4.69. The average Bonchev–Trinajstić information content (AvgIpc) is 3.20. The monoisotopic (exact) mass is 880 g/mol. The number of nitrogens with zero attached hydrogens (tertiary/aromatic N) is 6. The van der Waals surface area contributed by atoms with Crippen LogP contribution in [-0.4, -0.2) is 87.7 Å². The van der Waals surface area contributed by atoms with Gasteiger partial charge in [-0.25, -0.2) is 34.1 Å². The first-order chi connectivity index (χ1) is 29.1. The molecular formula is C45H52F4N6O6S. The summed E-state index contributed by atoms with van der Waals surface area (Å²) < 4.78 is 106. The molecule has 1 aliphatic heterocycles. The Balaban J connectivity index is 1.45. The molecule has 1 saturated heterocycles. The highest BCUT2D eigenvalue weighted by Gasteiger charge is 2.44.